The SMILES string of the molecule is c1ccc(-c2ccc(-c3nc(-c4ccccc4)nc(-c4cccc(-c5cccc(-c6cccc7c6nc(-c6cccc8ccccc68)c6oc8ccccc8c67)c5)c4)n3)cc2)cc1. The highest BCUT2D eigenvalue weighted by Gasteiger charge is 2.21. The molecule has 0 bridgehead atoms. The maximum Gasteiger partial charge on any atom is 0.164 e. The van der Waals surface area contributed by atoms with Crippen LogP contribution in [0.3, 0.4) is 0 Å². The molecule has 9 aromatic carbocycles. The lowest BCUT2D eigenvalue weighted by Gasteiger charge is -2.13. The quantitative estimate of drug-likeness (QED) is 0.161. The zero-order chi connectivity index (χ0) is 41.7. The summed E-state index contributed by atoms with van der Waals surface area (Å²) in [6.07, 6.45) is 0. The highest BCUT2D eigenvalue weighted by Crippen LogP contribution is 2.43. The Hall–Kier alpha value is -8.54. The van der Waals surface area contributed by atoms with Crippen LogP contribution in [0.1, 0.15) is 0 Å². The Morgan fingerprint density at radius 2 is 0.778 bits per heavy atom. The van der Waals surface area contributed by atoms with Crippen molar-refractivity contribution in [2.24, 2.45) is 0 Å². The van der Waals surface area contributed by atoms with Gasteiger partial charge in [-0.15, -0.1) is 0 Å². The highest BCUT2D eigenvalue weighted by molar-refractivity contribution is 6.23. The number of fused-ring (bicyclic) bond motifs is 6. The number of hydrogen-bond donors (Lipinski definition) is 0. The molecule has 0 fully saturated rings. The number of nitrogens with zero attached hydrogens (tertiary/aromatic N) is 4. The molecule has 3 heterocycles. The molecule has 5 nitrogen and oxygen atoms in total. The minimum atomic E-state index is 0.611. The molecule has 0 aliphatic carbocycles. The van der Waals surface area contributed by atoms with E-state index >= 15 is 0 Å². The summed E-state index contributed by atoms with van der Waals surface area (Å²) < 4.78 is 6.67. The lowest BCUT2D eigenvalue weighted by Crippen LogP contribution is -2.00. The van der Waals surface area contributed by atoms with Crippen molar-refractivity contribution >= 4 is 43.6 Å². The minimum absolute atomic E-state index is 0.611. The number of rotatable bonds is 7. The maximum atomic E-state index is 6.67. The molecular formula is C58H36N4O. The Kier molecular flexibility index (Phi) is 8.75. The third-order valence-corrected chi connectivity index (χ3v) is 11.9. The summed E-state index contributed by atoms with van der Waals surface area (Å²) in [5, 5.41) is 5.49. The smallest absolute Gasteiger partial charge is 0.164 e. The molecule has 0 aliphatic heterocycles. The van der Waals surface area contributed by atoms with E-state index in [1.165, 1.54) is 0 Å². The summed E-state index contributed by atoms with van der Waals surface area (Å²) in [6, 6.07) is 75.7. The van der Waals surface area contributed by atoms with Crippen molar-refractivity contribution in [3.8, 4) is 78.8 Å². The number of aromatic nitrogens is 4. The second kappa shape index (κ2) is 15.2. The Morgan fingerprint density at radius 1 is 0.302 bits per heavy atom. The zero-order valence-corrected chi connectivity index (χ0v) is 34.0. The molecule has 0 radical (unpaired) electrons. The fraction of sp³-hybridized carbons (Fsp3) is 0. The number of para-hydroxylation sites is 2. The lowest BCUT2D eigenvalue weighted by atomic mass is 9.94. The first-order chi connectivity index (χ1) is 31.2. The van der Waals surface area contributed by atoms with Gasteiger partial charge in [-0.2, -0.15) is 0 Å². The lowest BCUT2D eigenvalue weighted by molar-refractivity contribution is 0.669. The van der Waals surface area contributed by atoms with Crippen molar-refractivity contribution in [3.63, 3.8) is 0 Å². The first kappa shape index (κ1) is 36.3. The van der Waals surface area contributed by atoms with Gasteiger partial charge in [0.05, 0.1) is 5.52 Å². The molecule has 0 saturated heterocycles. The van der Waals surface area contributed by atoms with E-state index in [-0.39, 0.29) is 0 Å². The van der Waals surface area contributed by atoms with E-state index in [0.29, 0.717) is 17.5 Å². The van der Waals surface area contributed by atoms with E-state index < -0.39 is 0 Å². The van der Waals surface area contributed by atoms with Gasteiger partial charge in [-0.05, 0) is 56.8 Å². The number of benzene rings is 9. The van der Waals surface area contributed by atoms with Crippen molar-refractivity contribution in [2.45, 2.75) is 0 Å². The molecule has 0 amide bonds. The summed E-state index contributed by atoms with van der Waals surface area (Å²) in [7, 11) is 0. The van der Waals surface area contributed by atoms with Crippen LogP contribution in [0, 0.1) is 0 Å². The van der Waals surface area contributed by atoms with Gasteiger partial charge in [0.15, 0.2) is 23.1 Å². The molecule has 12 aromatic rings. The summed E-state index contributed by atoms with van der Waals surface area (Å²) in [5.74, 6) is 1.86. The largest absolute Gasteiger partial charge is 0.454 e. The fourth-order valence-electron chi connectivity index (χ4n) is 8.85. The van der Waals surface area contributed by atoms with Gasteiger partial charge in [-0.25, -0.2) is 19.9 Å². The highest BCUT2D eigenvalue weighted by atomic mass is 16.3. The molecule has 0 spiro atoms. The molecule has 63 heavy (non-hydrogen) atoms. The summed E-state index contributed by atoms with van der Waals surface area (Å²) in [6.45, 7) is 0. The van der Waals surface area contributed by atoms with Gasteiger partial charge in [0.25, 0.3) is 0 Å². The zero-order valence-electron chi connectivity index (χ0n) is 34.0. The summed E-state index contributed by atoms with van der Waals surface area (Å²) in [5.41, 5.74) is 13.7. The number of furan rings is 1. The van der Waals surface area contributed by atoms with Crippen molar-refractivity contribution in [1.82, 2.24) is 19.9 Å². The van der Waals surface area contributed by atoms with Crippen LogP contribution in [-0.2, 0) is 0 Å². The van der Waals surface area contributed by atoms with Gasteiger partial charge in [0.2, 0.25) is 0 Å². The van der Waals surface area contributed by atoms with Crippen LogP contribution in [-0.4, -0.2) is 19.9 Å². The summed E-state index contributed by atoms with van der Waals surface area (Å²) >= 11 is 0. The van der Waals surface area contributed by atoms with Crippen LogP contribution in [0.5, 0.6) is 0 Å². The molecule has 0 N–H and O–H groups in total. The Labute approximate surface area is 363 Å². The molecule has 3 aromatic heterocycles. The van der Waals surface area contributed by atoms with Gasteiger partial charge < -0.3 is 4.42 Å². The van der Waals surface area contributed by atoms with Crippen LogP contribution in [0.25, 0.3) is 122 Å². The topological polar surface area (TPSA) is 64.7 Å². The van der Waals surface area contributed by atoms with Crippen molar-refractivity contribution < 1.29 is 4.42 Å². The van der Waals surface area contributed by atoms with E-state index in [1.54, 1.807) is 0 Å². The van der Waals surface area contributed by atoms with Crippen LogP contribution in [0.2, 0.25) is 0 Å². The van der Waals surface area contributed by atoms with E-state index in [9.17, 15) is 0 Å². The van der Waals surface area contributed by atoms with Crippen LogP contribution < -0.4 is 0 Å². The molecule has 0 atom stereocenters. The first-order valence-electron chi connectivity index (χ1n) is 21.1. The van der Waals surface area contributed by atoms with E-state index in [4.69, 9.17) is 24.4 Å². The van der Waals surface area contributed by atoms with E-state index in [0.717, 1.165) is 105 Å². The maximum absolute atomic E-state index is 6.67. The van der Waals surface area contributed by atoms with Gasteiger partial charge in [-0.3, -0.25) is 0 Å². The predicted molar refractivity (Wildman–Crippen MR) is 258 cm³/mol. The normalized spacial score (nSPS) is 11.5. The standard InChI is InChI=1S/C58H36N4O/c1-3-15-37(16-4-1)38-31-33-41(34-32-38)57-60-56(40-18-5-2-6-19-40)61-58(62-57)45-24-12-22-43(36-45)42-21-11-23-44(35-42)47-27-14-29-50-52-49-26-9-10-30-51(49)63-55(52)54(59-53(47)50)48-28-13-20-39-17-7-8-25-46(39)48/h1-36H. The average Bonchev–Trinajstić information content (AvgIpc) is 3.77. The third kappa shape index (κ3) is 6.51. The van der Waals surface area contributed by atoms with Crippen molar-refractivity contribution in [1.29, 1.82) is 0 Å². The van der Waals surface area contributed by atoms with E-state index in [2.05, 4.69) is 170 Å². The Balaban J connectivity index is 0.978. The average molecular weight is 805 g/mol. The van der Waals surface area contributed by atoms with Crippen LogP contribution in [0.4, 0.5) is 0 Å². The second-order valence-corrected chi connectivity index (χ2v) is 15.8. The Morgan fingerprint density at radius 3 is 1.54 bits per heavy atom. The van der Waals surface area contributed by atoms with Gasteiger partial charge in [-0.1, -0.05) is 200 Å². The molecule has 294 valence electrons. The van der Waals surface area contributed by atoms with E-state index in [1.807, 2.05) is 48.5 Å². The molecule has 0 unspecified atom stereocenters. The third-order valence-electron chi connectivity index (χ3n) is 11.9. The molecule has 5 heteroatoms. The minimum Gasteiger partial charge on any atom is -0.454 e. The second-order valence-electron chi connectivity index (χ2n) is 15.8. The predicted octanol–water partition coefficient (Wildman–Crippen LogP) is 15.1. The number of pyridine rings is 1. The molecule has 12 rings (SSSR count). The van der Waals surface area contributed by atoms with Crippen LogP contribution in [0.15, 0.2) is 223 Å². The van der Waals surface area contributed by atoms with Gasteiger partial charge in [0.1, 0.15) is 11.3 Å². The summed E-state index contributed by atoms with van der Waals surface area (Å²) in [4.78, 5) is 20.7. The first-order valence-corrected chi connectivity index (χ1v) is 21.1. The number of hydrogen-bond acceptors (Lipinski definition) is 5. The van der Waals surface area contributed by atoms with Crippen molar-refractivity contribution in [2.75, 3.05) is 0 Å². The molecule has 0 aliphatic rings. The van der Waals surface area contributed by atoms with Gasteiger partial charge in [0, 0.05) is 44.0 Å². The van der Waals surface area contributed by atoms with Gasteiger partial charge >= 0.3 is 0 Å². The Bertz CT molecular complexity index is 3670. The monoisotopic (exact) mass is 804 g/mol. The molecular weight excluding hydrogens is 769 g/mol. The molecule has 0 saturated carbocycles. The fourth-order valence-corrected chi connectivity index (χ4v) is 8.85. The van der Waals surface area contributed by atoms with Crippen LogP contribution >= 0.6 is 0 Å². The van der Waals surface area contributed by atoms with Crippen molar-refractivity contribution in [3.05, 3.63) is 218 Å².